The minimum Gasteiger partial charge on any atom is -0.744 e. The SMILES string of the molecule is O=C1CCC(=O)N1c1ccc(S(=O)(=O)[O-])cc1.[Na+]. The molecule has 1 aromatic rings. The van der Waals surface area contributed by atoms with E-state index in [1.165, 1.54) is 12.1 Å². The van der Waals surface area contributed by atoms with Gasteiger partial charge in [0.1, 0.15) is 10.1 Å². The van der Waals surface area contributed by atoms with Gasteiger partial charge >= 0.3 is 29.6 Å². The Morgan fingerprint density at radius 3 is 1.83 bits per heavy atom. The van der Waals surface area contributed by atoms with Crippen LogP contribution in [0.2, 0.25) is 0 Å². The second-order valence-corrected chi connectivity index (χ2v) is 4.95. The van der Waals surface area contributed by atoms with Crippen LogP contribution < -0.4 is 34.5 Å². The molecule has 8 heteroatoms. The van der Waals surface area contributed by atoms with Gasteiger partial charge in [0, 0.05) is 12.8 Å². The maximum atomic E-state index is 11.4. The van der Waals surface area contributed by atoms with E-state index in [1.807, 2.05) is 0 Å². The van der Waals surface area contributed by atoms with E-state index in [0.717, 1.165) is 17.0 Å². The third kappa shape index (κ3) is 2.99. The number of hydrogen-bond donors (Lipinski definition) is 0. The molecule has 0 bridgehead atoms. The van der Waals surface area contributed by atoms with Gasteiger partial charge in [0.05, 0.1) is 10.6 Å². The zero-order valence-corrected chi connectivity index (χ0v) is 12.4. The summed E-state index contributed by atoms with van der Waals surface area (Å²) in [5.41, 5.74) is 0.282. The summed E-state index contributed by atoms with van der Waals surface area (Å²) in [7, 11) is -4.51. The first-order chi connectivity index (χ1) is 7.89. The summed E-state index contributed by atoms with van der Waals surface area (Å²) >= 11 is 0. The third-order valence-electron chi connectivity index (χ3n) is 2.44. The first kappa shape index (κ1) is 15.3. The van der Waals surface area contributed by atoms with Gasteiger partial charge in [-0.05, 0) is 24.3 Å². The molecule has 0 radical (unpaired) electrons. The van der Waals surface area contributed by atoms with E-state index in [0.29, 0.717) is 0 Å². The monoisotopic (exact) mass is 277 g/mol. The molecule has 0 aliphatic carbocycles. The van der Waals surface area contributed by atoms with Crippen molar-refractivity contribution >= 4 is 27.6 Å². The minimum absolute atomic E-state index is 0. The Morgan fingerprint density at radius 1 is 1.00 bits per heavy atom. The largest absolute Gasteiger partial charge is 1.00 e. The maximum Gasteiger partial charge on any atom is 1.00 e. The van der Waals surface area contributed by atoms with Crippen molar-refractivity contribution in [1.29, 1.82) is 0 Å². The summed E-state index contributed by atoms with van der Waals surface area (Å²) in [5.74, 6) is -0.652. The van der Waals surface area contributed by atoms with Gasteiger partial charge in [-0.15, -0.1) is 0 Å². The van der Waals surface area contributed by atoms with Crippen LogP contribution in [-0.2, 0) is 19.7 Å². The Kier molecular flexibility index (Phi) is 4.68. The van der Waals surface area contributed by atoms with Crippen LogP contribution in [0, 0.1) is 0 Å². The summed E-state index contributed by atoms with van der Waals surface area (Å²) < 4.78 is 32.1. The number of carbonyl (C=O) groups is 2. The number of amides is 2. The zero-order chi connectivity index (χ0) is 12.6. The van der Waals surface area contributed by atoms with Crippen molar-refractivity contribution in [2.24, 2.45) is 0 Å². The predicted molar refractivity (Wildman–Crippen MR) is 56.1 cm³/mol. The fourth-order valence-electron chi connectivity index (χ4n) is 1.63. The van der Waals surface area contributed by atoms with Gasteiger partial charge in [0.25, 0.3) is 0 Å². The Balaban J connectivity index is 0.00000162. The topological polar surface area (TPSA) is 94.6 Å². The van der Waals surface area contributed by atoms with E-state index in [9.17, 15) is 22.6 Å². The average Bonchev–Trinajstić information content (AvgIpc) is 2.58. The summed E-state index contributed by atoms with van der Waals surface area (Å²) in [6.07, 6.45) is 0.306. The van der Waals surface area contributed by atoms with Crippen LogP contribution in [0.25, 0.3) is 0 Å². The van der Waals surface area contributed by atoms with Gasteiger partial charge in [0.15, 0.2) is 0 Å². The van der Waals surface area contributed by atoms with Crippen molar-refractivity contribution < 1.29 is 52.1 Å². The molecule has 0 unspecified atom stereocenters. The average molecular weight is 277 g/mol. The van der Waals surface area contributed by atoms with Gasteiger partial charge in [0.2, 0.25) is 11.8 Å². The van der Waals surface area contributed by atoms with Crippen molar-refractivity contribution in [2.75, 3.05) is 4.90 Å². The maximum absolute atomic E-state index is 11.4. The second-order valence-electron chi connectivity index (χ2n) is 3.57. The molecule has 0 saturated carbocycles. The van der Waals surface area contributed by atoms with Crippen LogP contribution in [0.4, 0.5) is 5.69 Å². The molecular formula is C10H8NNaO5S. The molecule has 18 heavy (non-hydrogen) atoms. The molecule has 2 rings (SSSR count). The fraction of sp³-hybridized carbons (Fsp3) is 0.200. The minimum atomic E-state index is -4.51. The molecule has 0 atom stereocenters. The van der Waals surface area contributed by atoms with Crippen LogP contribution in [0.3, 0.4) is 0 Å². The molecule has 90 valence electrons. The quantitative estimate of drug-likeness (QED) is 0.332. The number of anilines is 1. The number of hydrogen-bond acceptors (Lipinski definition) is 5. The molecule has 0 N–H and O–H groups in total. The Labute approximate surface area is 126 Å². The molecule has 1 aliphatic heterocycles. The third-order valence-corrected chi connectivity index (χ3v) is 3.28. The Bertz CT molecular complexity index is 565. The second kappa shape index (κ2) is 5.50. The molecule has 2 amide bonds. The van der Waals surface area contributed by atoms with Crippen LogP contribution in [0.5, 0.6) is 0 Å². The van der Waals surface area contributed by atoms with Crippen LogP contribution >= 0.6 is 0 Å². The molecule has 1 aliphatic rings. The molecule has 1 fully saturated rings. The van der Waals surface area contributed by atoms with E-state index in [2.05, 4.69) is 0 Å². The molecular weight excluding hydrogens is 269 g/mol. The van der Waals surface area contributed by atoms with Gasteiger partial charge in [-0.1, -0.05) is 0 Å². The molecule has 0 spiro atoms. The molecule has 6 nitrogen and oxygen atoms in total. The van der Waals surface area contributed by atoms with Crippen molar-refractivity contribution in [3.05, 3.63) is 24.3 Å². The molecule has 1 saturated heterocycles. The Hall–Kier alpha value is -0.730. The van der Waals surface area contributed by atoms with Crippen LogP contribution in [0.15, 0.2) is 29.2 Å². The van der Waals surface area contributed by atoms with Crippen molar-refractivity contribution in [2.45, 2.75) is 17.7 Å². The number of imide groups is 1. The summed E-state index contributed by atoms with van der Waals surface area (Å²) in [4.78, 5) is 23.4. The zero-order valence-electron chi connectivity index (χ0n) is 9.62. The first-order valence-electron chi connectivity index (χ1n) is 4.81. The summed E-state index contributed by atoms with van der Waals surface area (Å²) in [6.45, 7) is 0. The van der Waals surface area contributed by atoms with Gasteiger partial charge in [-0.3, -0.25) is 14.5 Å². The summed E-state index contributed by atoms with van der Waals surface area (Å²) in [6, 6.07) is 4.70. The van der Waals surface area contributed by atoms with E-state index < -0.39 is 10.1 Å². The Morgan fingerprint density at radius 2 is 1.44 bits per heavy atom. The van der Waals surface area contributed by atoms with E-state index in [1.54, 1.807) is 0 Å². The summed E-state index contributed by atoms with van der Waals surface area (Å²) in [5, 5.41) is 0. The predicted octanol–water partition coefficient (Wildman–Crippen LogP) is -2.75. The molecule has 1 heterocycles. The first-order valence-corrected chi connectivity index (χ1v) is 6.22. The molecule has 1 aromatic carbocycles. The standard InChI is InChI=1S/C10H9NO5S.Na/c12-9-5-6-10(13)11(9)7-1-3-8(4-2-7)17(14,15)16;/h1-4H,5-6H2,(H,14,15,16);/q;+1/p-1. The van der Waals surface area contributed by atoms with Crippen molar-refractivity contribution in [3.63, 3.8) is 0 Å². The van der Waals surface area contributed by atoms with Gasteiger partial charge in [-0.2, -0.15) is 0 Å². The number of rotatable bonds is 2. The smallest absolute Gasteiger partial charge is 0.744 e. The van der Waals surface area contributed by atoms with Crippen molar-refractivity contribution in [3.8, 4) is 0 Å². The fourth-order valence-corrected chi connectivity index (χ4v) is 2.10. The van der Waals surface area contributed by atoms with Crippen LogP contribution in [0.1, 0.15) is 12.8 Å². The normalized spacial score (nSPS) is 15.7. The van der Waals surface area contributed by atoms with Crippen molar-refractivity contribution in [1.82, 2.24) is 0 Å². The number of nitrogens with zero attached hydrogens (tertiary/aromatic N) is 1. The number of carbonyl (C=O) groups excluding carboxylic acids is 2. The van der Waals surface area contributed by atoms with Gasteiger partial charge < -0.3 is 4.55 Å². The van der Waals surface area contributed by atoms with Crippen LogP contribution in [-0.4, -0.2) is 24.8 Å². The van der Waals surface area contributed by atoms with E-state index in [-0.39, 0.29) is 64.8 Å². The van der Waals surface area contributed by atoms with E-state index >= 15 is 0 Å². The number of benzene rings is 1. The van der Waals surface area contributed by atoms with Gasteiger partial charge in [-0.25, -0.2) is 8.42 Å². The molecule has 0 aromatic heterocycles. The van der Waals surface area contributed by atoms with E-state index in [4.69, 9.17) is 0 Å².